The van der Waals surface area contributed by atoms with E-state index in [0.29, 0.717) is 0 Å². The molecular weight excluding hydrogens is 354 g/mol. The molecule has 3 aliphatic rings. The van der Waals surface area contributed by atoms with E-state index in [1.165, 1.54) is 16.9 Å². The van der Waals surface area contributed by atoms with Gasteiger partial charge in [-0.25, -0.2) is 9.79 Å². The number of likely N-dealkylation sites (N-methyl/N-ethyl adjacent to an activating group) is 2. The molecule has 0 aliphatic carbocycles. The molecular formula is C21H29N5O2. The van der Waals surface area contributed by atoms with Gasteiger partial charge in [0.1, 0.15) is 0 Å². The number of piperidine rings is 1. The number of hydrogen-bond donors (Lipinski definition) is 0. The van der Waals surface area contributed by atoms with Crippen molar-refractivity contribution in [2.45, 2.75) is 44.3 Å². The number of amides is 3. The van der Waals surface area contributed by atoms with Crippen LogP contribution in [0.5, 0.6) is 0 Å². The van der Waals surface area contributed by atoms with Crippen molar-refractivity contribution in [2.24, 2.45) is 4.99 Å². The van der Waals surface area contributed by atoms with Crippen LogP contribution in [0.3, 0.4) is 0 Å². The molecule has 0 radical (unpaired) electrons. The molecule has 3 amide bonds. The van der Waals surface area contributed by atoms with Crippen molar-refractivity contribution >= 4 is 17.9 Å². The smallest absolute Gasteiger partial charge is 0.328 e. The summed E-state index contributed by atoms with van der Waals surface area (Å²) in [5.41, 5.74) is 1.30. The van der Waals surface area contributed by atoms with Crippen molar-refractivity contribution in [3.05, 3.63) is 35.9 Å². The van der Waals surface area contributed by atoms with Crippen molar-refractivity contribution in [3.63, 3.8) is 0 Å². The first-order valence-electron chi connectivity index (χ1n) is 10.3. The normalized spacial score (nSPS) is 25.3. The van der Waals surface area contributed by atoms with E-state index < -0.39 is 12.2 Å². The van der Waals surface area contributed by atoms with Crippen LogP contribution in [0.15, 0.2) is 35.3 Å². The van der Waals surface area contributed by atoms with Crippen molar-refractivity contribution in [2.75, 3.05) is 33.7 Å². The molecule has 7 nitrogen and oxygen atoms in total. The maximum absolute atomic E-state index is 13.0. The Balaban J connectivity index is 1.55. The lowest BCUT2D eigenvalue weighted by Crippen LogP contribution is -2.64. The topological polar surface area (TPSA) is 59.5 Å². The van der Waals surface area contributed by atoms with Crippen LogP contribution < -0.4 is 0 Å². The number of guanidine groups is 1. The van der Waals surface area contributed by atoms with Crippen LogP contribution in [0.25, 0.3) is 0 Å². The third-order valence-electron chi connectivity index (χ3n) is 6.04. The Morgan fingerprint density at radius 3 is 2.46 bits per heavy atom. The van der Waals surface area contributed by atoms with Gasteiger partial charge in [0.2, 0.25) is 0 Å². The van der Waals surface area contributed by atoms with Crippen LogP contribution in [0, 0.1) is 0 Å². The molecule has 4 rings (SSSR count). The largest absolute Gasteiger partial charge is 0.343 e. The highest BCUT2D eigenvalue weighted by Crippen LogP contribution is 2.29. The number of hydrogen-bond acceptors (Lipinski definition) is 5. The molecule has 1 aromatic rings. The zero-order chi connectivity index (χ0) is 19.7. The zero-order valence-electron chi connectivity index (χ0n) is 16.8. The molecule has 3 aliphatic heterocycles. The number of fused-ring (bicyclic) bond motifs is 1. The summed E-state index contributed by atoms with van der Waals surface area (Å²) in [5, 5.41) is 0. The van der Waals surface area contributed by atoms with E-state index in [2.05, 4.69) is 34.1 Å². The highest BCUT2D eigenvalue weighted by Gasteiger charge is 2.51. The number of aliphatic imine (C=N–C) groups is 1. The fraction of sp³-hybridized carbons (Fsp3) is 0.571. The van der Waals surface area contributed by atoms with Crippen LogP contribution in [0.1, 0.15) is 31.2 Å². The quantitative estimate of drug-likeness (QED) is 0.798. The number of aryl methyl sites for hydroxylation is 1. The van der Waals surface area contributed by atoms with Gasteiger partial charge in [-0.3, -0.25) is 9.69 Å². The number of benzene rings is 1. The number of imide groups is 1. The van der Waals surface area contributed by atoms with Gasteiger partial charge in [0.15, 0.2) is 18.2 Å². The van der Waals surface area contributed by atoms with Gasteiger partial charge in [0, 0.05) is 33.7 Å². The number of carbonyl (C=O) groups excluding carboxylic acids is 2. The third-order valence-corrected chi connectivity index (χ3v) is 6.04. The van der Waals surface area contributed by atoms with Crippen LogP contribution in [-0.4, -0.2) is 83.4 Å². The maximum Gasteiger partial charge on any atom is 0.328 e. The molecule has 0 N–H and O–H groups in total. The van der Waals surface area contributed by atoms with E-state index in [-0.39, 0.29) is 11.9 Å². The zero-order valence-corrected chi connectivity index (χ0v) is 16.8. The minimum Gasteiger partial charge on any atom is -0.343 e. The maximum atomic E-state index is 13.0. The molecule has 28 heavy (non-hydrogen) atoms. The lowest BCUT2D eigenvalue weighted by molar-refractivity contribution is -0.136. The van der Waals surface area contributed by atoms with Crippen LogP contribution in [0.4, 0.5) is 4.79 Å². The number of nitrogens with zero attached hydrogens (tertiary/aromatic N) is 5. The summed E-state index contributed by atoms with van der Waals surface area (Å²) < 4.78 is 0. The first-order valence-corrected chi connectivity index (χ1v) is 10.3. The van der Waals surface area contributed by atoms with E-state index in [4.69, 9.17) is 4.99 Å². The van der Waals surface area contributed by atoms with Gasteiger partial charge in [0.25, 0.3) is 5.91 Å². The van der Waals surface area contributed by atoms with E-state index in [9.17, 15) is 9.59 Å². The summed E-state index contributed by atoms with van der Waals surface area (Å²) in [4.78, 5) is 37.6. The summed E-state index contributed by atoms with van der Waals surface area (Å²) in [6.45, 7) is 2.69. The Hall–Kier alpha value is -2.57. The molecule has 0 spiro atoms. The molecule has 1 aromatic carbocycles. The second-order valence-electron chi connectivity index (χ2n) is 7.91. The second kappa shape index (κ2) is 7.81. The molecule has 2 fully saturated rings. The van der Waals surface area contributed by atoms with E-state index in [0.717, 1.165) is 51.3 Å². The summed E-state index contributed by atoms with van der Waals surface area (Å²) in [7, 11) is 3.31. The molecule has 0 bridgehead atoms. The lowest BCUT2D eigenvalue weighted by Gasteiger charge is -2.41. The van der Waals surface area contributed by atoms with E-state index in [1.807, 2.05) is 6.07 Å². The number of likely N-dealkylation sites (tertiary alicyclic amines) is 1. The van der Waals surface area contributed by atoms with Crippen molar-refractivity contribution in [3.8, 4) is 0 Å². The first kappa shape index (κ1) is 18.8. The Morgan fingerprint density at radius 2 is 1.75 bits per heavy atom. The summed E-state index contributed by atoms with van der Waals surface area (Å²) in [6, 6.07) is 9.72. The Kier molecular flexibility index (Phi) is 5.24. The molecule has 3 heterocycles. The van der Waals surface area contributed by atoms with E-state index >= 15 is 0 Å². The van der Waals surface area contributed by atoms with Gasteiger partial charge in [-0.2, -0.15) is 0 Å². The van der Waals surface area contributed by atoms with Crippen molar-refractivity contribution in [1.82, 2.24) is 19.6 Å². The molecule has 0 saturated carbocycles. The van der Waals surface area contributed by atoms with Gasteiger partial charge in [-0.1, -0.05) is 30.3 Å². The third kappa shape index (κ3) is 3.34. The van der Waals surface area contributed by atoms with Crippen molar-refractivity contribution < 1.29 is 9.59 Å². The summed E-state index contributed by atoms with van der Waals surface area (Å²) in [5.74, 6) is 0.745. The Morgan fingerprint density at radius 1 is 1.04 bits per heavy atom. The molecule has 0 aromatic heterocycles. The predicted molar refractivity (Wildman–Crippen MR) is 108 cm³/mol. The van der Waals surface area contributed by atoms with Crippen LogP contribution in [-0.2, 0) is 11.2 Å². The number of carbonyl (C=O) groups is 2. The van der Waals surface area contributed by atoms with Gasteiger partial charge in [0.05, 0.1) is 0 Å². The SMILES string of the molecule is CN1C(=O)C2C(N=C(N3CCCCC3)N2CCCc2ccccc2)N(C)C1=O. The second-order valence-corrected chi connectivity index (χ2v) is 7.91. The van der Waals surface area contributed by atoms with E-state index in [1.54, 1.807) is 19.0 Å². The van der Waals surface area contributed by atoms with Gasteiger partial charge in [-0.05, 0) is 37.7 Å². The monoisotopic (exact) mass is 383 g/mol. The average molecular weight is 383 g/mol. The van der Waals surface area contributed by atoms with Crippen LogP contribution in [0.2, 0.25) is 0 Å². The highest BCUT2D eigenvalue weighted by molar-refractivity contribution is 6.03. The minimum atomic E-state index is -0.426. The summed E-state index contributed by atoms with van der Waals surface area (Å²) >= 11 is 0. The standard InChI is InChI=1S/C21H29N5O2/c1-23-18-17(19(27)24(2)21(23)28)26(15-9-12-16-10-5-3-6-11-16)20(22-18)25-13-7-4-8-14-25/h3,5-6,10-11,17-18H,4,7-9,12-15H2,1-2H3. The fourth-order valence-electron chi connectivity index (χ4n) is 4.44. The highest BCUT2D eigenvalue weighted by atomic mass is 16.2. The predicted octanol–water partition coefficient (Wildman–Crippen LogP) is 2.00. The Bertz CT molecular complexity index is 759. The molecule has 150 valence electrons. The van der Waals surface area contributed by atoms with Crippen molar-refractivity contribution in [1.29, 1.82) is 0 Å². The van der Waals surface area contributed by atoms with Gasteiger partial charge in [-0.15, -0.1) is 0 Å². The van der Waals surface area contributed by atoms with Gasteiger partial charge < -0.3 is 14.7 Å². The van der Waals surface area contributed by atoms with Gasteiger partial charge >= 0.3 is 6.03 Å². The molecule has 2 unspecified atom stereocenters. The molecule has 2 atom stereocenters. The molecule has 7 heteroatoms. The fourth-order valence-corrected chi connectivity index (χ4v) is 4.44. The average Bonchev–Trinajstić information content (AvgIpc) is 3.12. The number of rotatable bonds is 4. The molecule has 2 saturated heterocycles. The first-order chi connectivity index (χ1) is 13.6. The minimum absolute atomic E-state index is 0.149. The lowest BCUT2D eigenvalue weighted by atomic mass is 10.1. The van der Waals surface area contributed by atoms with Crippen LogP contribution >= 0.6 is 0 Å². The Labute approximate surface area is 166 Å². The summed E-state index contributed by atoms with van der Waals surface area (Å²) in [6.07, 6.45) is 5.01. The number of urea groups is 1.